The molecule has 8 nitrogen and oxygen atoms in total. The number of rotatable bonds is 6. The second-order valence-corrected chi connectivity index (χ2v) is 7.56. The number of carbonyl (C=O) groups is 1. The zero-order valence-electron chi connectivity index (χ0n) is 18.3. The maximum absolute atomic E-state index is 12.8. The first-order valence-electron chi connectivity index (χ1n) is 9.96. The molecule has 31 heavy (non-hydrogen) atoms. The van der Waals surface area contributed by atoms with E-state index in [-0.39, 0.29) is 18.2 Å². The molecule has 8 heteroatoms. The molecule has 1 aliphatic heterocycles. The summed E-state index contributed by atoms with van der Waals surface area (Å²) in [5, 5.41) is 4.15. The Balaban J connectivity index is 1.60. The smallest absolute Gasteiger partial charge is 0.232 e. The van der Waals surface area contributed by atoms with Crippen molar-refractivity contribution in [1.82, 2.24) is 10.1 Å². The molecule has 4 rings (SSSR count). The Hall–Kier alpha value is -3.55. The quantitative estimate of drug-likeness (QED) is 0.594. The van der Waals surface area contributed by atoms with E-state index in [1.807, 2.05) is 26.0 Å². The van der Waals surface area contributed by atoms with Gasteiger partial charge < -0.3 is 23.6 Å². The van der Waals surface area contributed by atoms with Crippen LogP contribution in [0.4, 0.5) is 5.69 Å². The topological polar surface area (TPSA) is 86.9 Å². The van der Waals surface area contributed by atoms with E-state index in [2.05, 4.69) is 16.2 Å². The number of nitrogens with zero attached hydrogens (tertiary/aromatic N) is 3. The van der Waals surface area contributed by atoms with Crippen LogP contribution >= 0.6 is 0 Å². The fraction of sp³-hybridized carbons (Fsp3) is 0.348. The molecule has 0 spiro atoms. The molecular formula is C23H25N3O5. The molecule has 162 valence electrons. The highest BCUT2D eigenvalue weighted by Gasteiger charge is 2.36. The normalized spacial score (nSPS) is 16.0. The van der Waals surface area contributed by atoms with Crippen molar-refractivity contribution in [3.8, 4) is 28.6 Å². The Labute approximate surface area is 180 Å². The molecule has 1 atom stereocenters. The molecule has 1 unspecified atom stereocenters. The third-order valence-electron chi connectivity index (χ3n) is 5.50. The zero-order valence-corrected chi connectivity index (χ0v) is 18.3. The second-order valence-electron chi connectivity index (χ2n) is 7.56. The van der Waals surface area contributed by atoms with Crippen LogP contribution in [0.2, 0.25) is 0 Å². The molecule has 1 saturated heterocycles. The third-order valence-corrected chi connectivity index (χ3v) is 5.50. The van der Waals surface area contributed by atoms with Crippen LogP contribution in [0.15, 0.2) is 34.9 Å². The lowest BCUT2D eigenvalue weighted by Gasteiger charge is -2.20. The van der Waals surface area contributed by atoms with Gasteiger partial charge in [-0.15, -0.1) is 0 Å². The van der Waals surface area contributed by atoms with Gasteiger partial charge in [-0.25, -0.2) is 0 Å². The fourth-order valence-electron chi connectivity index (χ4n) is 3.92. The van der Waals surface area contributed by atoms with Gasteiger partial charge >= 0.3 is 0 Å². The predicted molar refractivity (Wildman–Crippen MR) is 115 cm³/mol. The molecule has 2 heterocycles. The standard InChI is InChI=1S/C23H25N3O5/c1-13-6-7-17(14(2)8-13)22-24-23(31-25-22)15-9-20(27)26(12-15)16-10-18(28-3)21(30-5)19(11-16)29-4/h6-8,10-11,15H,9,12H2,1-5H3. The summed E-state index contributed by atoms with van der Waals surface area (Å²) in [4.78, 5) is 19.1. The summed E-state index contributed by atoms with van der Waals surface area (Å²) in [5.74, 6) is 2.21. The van der Waals surface area contributed by atoms with Gasteiger partial charge in [0, 0.05) is 30.7 Å². The van der Waals surface area contributed by atoms with Gasteiger partial charge in [0.25, 0.3) is 0 Å². The van der Waals surface area contributed by atoms with Crippen molar-refractivity contribution in [3.63, 3.8) is 0 Å². The first-order chi connectivity index (χ1) is 14.9. The maximum atomic E-state index is 12.8. The number of ether oxygens (including phenoxy) is 3. The summed E-state index contributed by atoms with van der Waals surface area (Å²) >= 11 is 0. The molecule has 0 N–H and O–H groups in total. The van der Waals surface area contributed by atoms with Gasteiger partial charge in [0.2, 0.25) is 23.4 Å². The van der Waals surface area contributed by atoms with Crippen molar-refractivity contribution < 1.29 is 23.5 Å². The van der Waals surface area contributed by atoms with Crippen LogP contribution in [0, 0.1) is 13.8 Å². The predicted octanol–water partition coefficient (Wildman–Crippen LogP) is 3.90. The Morgan fingerprint density at radius 3 is 2.35 bits per heavy atom. The van der Waals surface area contributed by atoms with Gasteiger partial charge in [-0.1, -0.05) is 28.9 Å². The van der Waals surface area contributed by atoms with Gasteiger partial charge in [0.1, 0.15) is 0 Å². The van der Waals surface area contributed by atoms with Gasteiger partial charge in [-0.2, -0.15) is 4.98 Å². The number of hydrogen-bond acceptors (Lipinski definition) is 7. The number of amides is 1. The molecule has 0 bridgehead atoms. The second kappa shape index (κ2) is 8.29. The Morgan fingerprint density at radius 2 is 1.74 bits per heavy atom. The van der Waals surface area contributed by atoms with Gasteiger partial charge in [0.15, 0.2) is 11.5 Å². The van der Waals surface area contributed by atoms with E-state index >= 15 is 0 Å². The van der Waals surface area contributed by atoms with Crippen molar-refractivity contribution in [2.24, 2.45) is 0 Å². The number of anilines is 1. The molecule has 0 aliphatic carbocycles. The molecule has 1 amide bonds. The van der Waals surface area contributed by atoms with Crippen molar-refractivity contribution in [3.05, 3.63) is 47.3 Å². The van der Waals surface area contributed by atoms with Crippen LogP contribution in [0.1, 0.15) is 29.4 Å². The lowest BCUT2D eigenvalue weighted by atomic mass is 10.1. The molecule has 3 aromatic rings. The highest BCUT2D eigenvalue weighted by molar-refractivity contribution is 5.97. The SMILES string of the molecule is COc1cc(N2CC(c3nc(-c4ccc(C)cc4C)no3)CC2=O)cc(OC)c1OC. The number of benzene rings is 2. The van der Waals surface area contributed by atoms with Gasteiger partial charge in [-0.05, 0) is 19.4 Å². The highest BCUT2D eigenvalue weighted by Crippen LogP contribution is 2.43. The van der Waals surface area contributed by atoms with E-state index in [1.165, 1.54) is 5.56 Å². The average molecular weight is 423 g/mol. The van der Waals surface area contributed by atoms with Crippen molar-refractivity contribution >= 4 is 11.6 Å². The van der Waals surface area contributed by atoms with Gasteiger partial charge in [0.05, 0.1) is 32.9 Å². The third kappa shape index (κ3) is 3.81. The summed E-state index contributed by atoms with van der Waals surface area (Å²) in [7, 11) is 4.63. The summed E-state index contributed by atoms with van der Waals surface area (Å²) < 4.78 is 21.7. The Morgan fingerprint density at radius 1 is 1.03 bits per heavy atom. The lowest BCUT2D eigenvalue weighted by Crippen LogP contribution is -2.24. The van der Waals surface area contributed by atoms with E-state index in [4.69, 9.17) is 18.7 Å². The summed E-state index contributed by atoms with van der Waals surface area (Å²) in [6.07, 6.45) is 0.283. The number of aryl methyl sites for hydroxylation is 2. The lowest BCUT2D eigenvalue weighted by molar-refractivity contribution is -0.117. The minimum Gasteiger partial charge on any atom is -0.493 e. The minimum atomic E-state index is -0.196. The van der Waals surface area contributed by atoms with Crippen LogP contribution in [0.5, 0.6) is 17.2 Å². The Bertz CT molecular complexity index is 1100. The van der Waals surface area contributed by atoms with E-state index in [9.17, 15) is 4.79 Å². The minimum absolute atomic E-state index is 0.0365. The zero-order chi connectivity index (χ0) is 22.1. The number of aromatic nitrogens is 2. The molecule has 1 fully saturated rings. The van der Waals surface area contributed by atoms with Gasteiger partial charge in [-0.3, -0.25) is 4.79 Å². The van der Waals surface area contributed by atoms with Crippen LogP contribution < -0.4 is 19.1 Å². The van der Waals surface area contributed by atoms with E-state index in [0.29, 0.717) is 41.2 Å². The van der Waals surface area contributed by atoms with Crippen LogP contribution in [-0.4, -0.2) is 43.9 Å². The number of hydrogen-bond donors (Lipinski definition) is 0. The first-order valence-corrected chi connectivity index (χ1v) is 9.96. The number of methoxy groups -OCH3 is 3. The molecule has 0 radical (unpaired) electrons. The fourth-order valence-corrected chi connectivity index (χ4v) is 3.92. The number of carbonyl (C=O) groups excluding carboxylic acids is 1. The van der Waals surface area contributed by atoms with Crippen LogP contribution in [0.25, 0.3) is 11.4 Å². The average Bonchev–Trinajstić information content (AvgIpc) is 3.39. The first kappa shape index (κ1) is 20.7. The van der Waals surface area contributed by atoms with Crippen molar-refractivity contribution in [2.45, 2.75) is 26.2 Å². The largest absolute Gasteiger partial charge is 0.493 e. The summed E-state index contributed by atoms with van der Waals surface area (Å²) in [6.45, 7) is 4.48. The van der Waals surface area contributed by atoms with Crippen LogP contribution in [-0.2, 0) is 4.79 Å². The van der Waals surface area contributed by atoms with Crippen molar-refractivity contribution in [1.29, 1.82) is 0 Å². The van der Waals surface area contributed by atoms with E-state index < -0.39 is 0 Å². The van der Waals surface area contributed by atoms with E-state index in [0.717, 1.165) is 11.1 Å². The molecule has 1 aliphatic rings. The molecule has 2 aromatic carbocycles. The molecule has 1 aromatic heterocycles. The monoisotopic (exact) mass is 423 g/mol. The summed E-state index contributed by atoms with van der Waals surface area (Å²) in [5.41, 5.74) is 3.84. The molecular weight excluding hydrogens is 398 g/mol. The summed E-state index contributed by atoms with van der Waals surface area (Å²) in [6, 6.07) is 9.61. The molecule has 0 saturated carbocycles. The van der Waals surface area contributed by atoms with Crippen LogP contribution in [0.3, 0.4) is 0 Å². The maximum Gasteiger partial charge on any atom is 0.232 e. The highest BCUT2D eigenvalue weighted by atomic mass is 16.5. The van der Waals surface area contributed by atoms with Crippen molar-refractivity contribution in [2.75, 3.05) is 32.8 Å². The Kier molecular flexibility index (Phi) is 5.54. The van der Waals surface area contributed by atoms with E-state index in [1.54, 1.807) is 38.4 Å².